The zero-order valence-electron chi connectivity index (χ0n) is 8.53. The fourth-order valence-electron chi connectivity index (χ4n) is 1.26. The van der Waals surface area contributed by atoms with Crippen LogP contribution in [-0.2, 0) is 7.05 Å². The molecule has 0 aliphatic rings. The first-order valence-electron chi connectivity index (χ1n) is 4.36. The van der Waals surface area contributed by atoms with Gasteiger partial charge in [0.25, 0.3) is 0 Å². The van der Waals surface area contributed by atoms with Crippen LogP contribution < -0.4 is 29.2 Å². The van der Waals surface area contributed by atoms with Gasteiger partial charge in [0.15, 0.2) is 0 Å². The average Bonchev–Trinajstić information content (AvgIpc) is 2.62. The van der Waals surface area contributed by atoms with Crippen molar-refractivity contribution in [2.24, 2.45) is 7.05 Å². The fraction of sp³-hybridized carbons (Fsp3) is 0.100. The van der Waals surface area contributed by atoms with Crippen LogP contribution in [0.15, 0.2) is 35.7 Å². The van der Waals surface area contributed by atoms with Gasteiger partial charge in [-0.1, -0.05) is 41.7 Å². The molecule has 2 nitrogen and oxygen atoms in total. The first-order chi connectivity index (χ1) is 7.70. The van der Waals surface area contributed by atoms with E-state index < -0.39 is 18.9 Å². The number of nitrogens with two attached hydrogens (primary N) is 1. The summed E-state index contributed by atoms with van der Waals surface area (Å²) in [4.78, 5) is 0. The van der Waals surface area contributed by atoms with Crippen molar-refractivity contribution in [1.29, 1.82) is 0 Å². The van der Waals surface area contributed by atoms with Crippen LogP contribution in [-0.4, -0.2) is 0 Å². The summed E-state index contributed by atoms with van der Waals surface area (Å²) >= 11 is 1.10. The molecule has 0 atom stereocenters. The van der Waals surface area contributed by atoms with E-state index >= 15 is 0 Å². The third-order valence-electron chi connectivity index (χ3n) is 2.05. The zero-order chi connectivity index (χ0) is 12.0. The van der Waals surface area contributed by atoms with Crippen LogP contribution in [0.5, 0.6) is 0 Å². The Bertz CT molecular complexity index is 434. The van der Waals surface area contributed by atoms with Crippen LogP contribution in [0.1, 0.15) is 0 Å². The molecule has 0 fully saturated rings. The van der Waals surface area contributed by atoms with Gasteiger partial charge in [0.2, 0.25) is 0 Å². The summed E-state index contributed by atoms with van der Waals surface area (Å²) in [7, 11) is 11.7. The molecule has 0 bridgehead atoms. The van der Waals surface area contributed by atoms with Gasteiger partial charge in [0.05, 0.1) is 7.05 Å². The van der Waals surface area contributed by atoms with Crippen LogP contribution in [0.4, 0.5) is 5.13 Å². The average molecular weight is 389 g/mol. The molecule has 0 spiro atoms. The van der Waals surface area contributed by atoms with Gasteiger partial charge in [-0.3, -0.25) is 5.73 Å². The molecule has 0 saturated carbocycles. The number of thiazole rings is 1. The summed E-state index contributed by atoms with van der Waals surface area (Å²) < 4.78 is 2.00. The predicted octanol–water partition coefficient (Wildman–Crippen LogP) is 0.205. The number of benzene rings is 1. The van der Waals surface area contributed by atoms with Gasteiger partial charge in [0, 0.05) is 10.9 Å². The predicted molar refractivity (Wildman–Crippen MR) is 67.0 cm³/mol. The Labute approximate surface area is 117 Å². The number of halogens is 3. The summed E-state index contributed by atoms with van der Waals surface area (Å²) in [6.45, 7) is 0. The normalized spacial score (nSPS) is 9.69. The molecule has 1 aromatic carbocycles. The van der Waals surface area contributed by atoms with E-state index in [-0.39, 0.29) is 0 Å². The van der Waals surface area contributed by atoms with E-state index in [4.69, 9.17) is 23.6 Å². The Morgan fingerprint density at radius 2 is 1.81 bits per heavy atom. The summed E-state index contributed by atoms with van der Waals surface area (Å²) in [6.07, 6.45) is 0. The van der Waals surface area contributed by atoms with Crippen LogP contribution in [0.3, 0.4) is 0 Å². The van der Waals surface area contributed by atoms with E-state index in [1.807, 2.05) is 29.8 Å². The molecule has 16 heavy (non-hydrogen) atoms. The van der Waals surface area contributed by atoms with E-state index in [0.29, 0.717) is 0 Å². The van der Waals surface area contributed by atoms with Crippen molar-refractivity contribution in [1.82, 2.24) is 0 Å². The Hall–Kier alpha value is -0.0400. The zero-order valence-corrected chi connectivity index (χ0v) is 13.0. The van der Waals surface area contributed by atoms with Gasteiger partial charge in [-0.15, -0.1) is 0 Å². The molecule has 0 unspecified atom stereocenters. The number of anilines is 1. The molecule has 2 aromatic rings. The van der Waals surface area contributed by atoms with E-state index in [9.17, 15) is 0 Å². The molecule has 0 aliphatic heterocycles. The Morgan fingerprint density at radius 3 is 2.25 bits per heavy atom. The van der Waals surface area contributed by atoms with Gasteiger partial charge in [-0.25, -0.2) is 4.57 Å². The monoisotopic (exact) mass is 388 g/mol. The van der Waals surface area contributed by atoms with Crippen molar-refractivity contribution in [2.45, 2.75) is 0 Å². The van der Waals surface area contributed by atoms with Gasteiger partial charge < -0.3 is 0 Å². The second kappa shape index (κ2) is 7.32. The molecule has 2 N–H and O–H groups in total. The number of hydrogen-bond donors (Lipinski definition) is 1. The first-order valence-corrected chi connectivity index (χ1v) is 10.7. The first kappa shape index (κ1) is 14.0. The quantitative estimate of drug-likeness (QED) is 0.549. The minimum atomic E-state index is -0.466. The molecule has 88 valence electrons. The molecule has 1 heterocycles. The van der Waals surface area contributed by atoms with Crippen molar-refractivity contribution in [2.75, 3.05) is 5.73 Å². The SMILES string of the molecule is C[n+]1c(-c2ccccc2)csc1N.Cl[I-]Cl. The molecule has 0 aliphatic carbocycles. The maximum atomic E-state index is 5.76. The van der Waals surface area contributed by atoms with E-state index in [0.717, 1.165) is 5.13 Å². The second-order valence-corrected chi connectivity index (χ2v) is 7.03. The molecular weight excluding hydrogens is 378 g/mol. The minimum absolute atomic E-state index is 0.466. The van der Waals surface area contributed by atoms with Crippen LogP contribution in [0.25, 0.3) is 11.3 Å². The van der Waals surface area contributed by atoms with Crippen molar-refractivity contribution >= 4 is 34.3 Å². The summed E-state index contributed by atoms with van der Waals surface area (Å²) in [5.74, 6) is 0. The molecular formula is C10H11Cl2IN2S. The Balaban J connectivity index is 0.000000386. The number of hydrogen-bond acceptors (Lipinski definition) is 2. The molecule has 2 rings (SSSR count). The molecule has 1 aromatic heterocycles. The number of nitrogens with zero attached hydrogens (tertiary/aromatic N) is 1. The third kappa shape index (κ3) is 3.76. The van der Waals surface area contributed by atoms with Gasteiger partial charge in [0.1, 0.15) is 5.69 Å². The van der Waals surface area contributed by atoms with E-state index in [2.05, 4.69) is 17.5 Å². The number of rotatable bonds is 1. The second-order valence-electron chi connectivity index (χ2n) is 2.94. The van der Waals surface area contributed by atoms with Crippen LogP contribution in [0.2, 0.25) is 0 Å². The van der Waals surface area contributed by atoms with Crippen molar-refractivity contribution in [3.63, 3.8) is 0 Å². The number of nitrogen functional groups attached to an aromatic ring is 1. The van der Waals surface area contributed by atoms with Crippen LogP contribution >= 0.6 is 29.2 Å². The summed E-state index contributed by atoms with van der Waals surface area (Å²) in [5, 5.41) is 2.91. The van der Waals surface area contributed by atoms with Crippen molar-refractivity contribution in [3.05, 3.63) is 35.7 Å². The third-order valence-corrected chi connectivity index (χ3v) is 2.91. The molecule has 0 saturated heterocycles. The molecule has 0 amide bonds. The Kier molecular flexibility index (Phi) is 6.41. The maximum absolute atomic E-state index is 5.76. The summed E-state index contributed by atoms with van der Waals surface area (Å²) in [5.41, 5.74) is 8.14. The van der Waals surface area contributed by atoms with E-state index in [1.165, 1.54) is 11.3 Å². The summed E-state index contributed by atoms with van der Waals surface area (Å²) in [6, 6.07) is 10.2. The van der Waals surface area contributed by atoms with Crippen molar-refractivity contribution in [3.8, 4) is 11.3 Å². The Morgan fingerprint density at radius 1 is 1.25 bits per heavy atom. The molecule has 0 radical (unpaired) electrons. The topological polar surface area (TPSA) is 29.9 Å². The van der Waals surface area contributed by atoms with Crippen LogP contribution in [0, 0.1) is 0 Å². The van der Waals surface area contributed by atoms with Gasteiger partial charge in [-0.2, -0.15) is 0 Å². The van der Waals surface area contributed by atoms with Gasteiger partial charge >= 0.3 is 41.9 Å². The standard InChI is InChI=1S/C10H10N2S.Cl2I/c1-12-9(7-13-10(12)11)8-5-3-2-4-6-8;1-3-2/h2-7,11H,1H3;/q;-1/p+1. The van der Waals surface area contributed by atoms with Crippen molar-refractivity contribution < 1.29 is 23.5 Å². The number of aromatic nitrogens is 1. The molecule has 6 heteroatoms. The van der Waals surface area contributed by atoms with E-state index in [1.54, 1.807) is 11.3 Å². The van der Waals surface area contributed by atoms with Gasteiger partial charge in [-0.05, 0) is 0 Å². The fourth-order valence-corrected chi connectivity index (χ4v) is 2.05.